The number of Topliss-reactive ketones (excluding diaryl/α,β-unsaturated/α-hetero) is 1. The molecule has 0 radical (unpaired) electrons. The molecule has 1 N–H and O–H groups in total. The van der Waals surface area contributed by atoms with Gasteiger partial charge < -0.3 is 10.1 Å². The first-order valence-corrected chi connectivity index (χ1v) is 7.59. The lowest BCUT2D eigenvalue weighted by Gasteiger charge is -2.28. The Morgan fingerprint density at radius 2 is 2.05 bits per heavy atom. The minimum Gasteiger partial charge on any atom is -0.316 e. The molecule has 0 fully saturated rings. The molecule has 0 unspecified atom stereocenters. The highest BCUT2D eigenvalue weighted by Gasteiger charge is 2.22. The van der Waals surface area contributed by atoms with Crippen LogP contribution in [0.15, 0.2) is 22.7 Å². The quantitative estimate of drug-likeness (QED) is 0.768. The topological polar surface area (TPSA) is 29.1 Å². The maximum absolute atomic E-state index is 10.9. The first-order chi connectivity index (χ1) is 8.83. The van der Waals surface area contributed by atoms with Crippen LogP contribution < -0.4 is 5.32 Å². The SMILES string of the molecule is CC(=O)CCCNCC(C)(C)c1cc(Br)ccc1C. The second kappa shape index (κ2) is 7.20. The molecule has 1 aromatic rings. The van der Waals surface area contributed by atoms with Crippen LogP contribution in [0.4, 0.5) is 0 Å². The summed E-state index contributed by atoms with van der Waals surface area (Å²) >= 11 is 3.54. The van der Waals surface area contributed by atoms with Crippen molar-refractivity contribution in [2.45, 2.75) is 46.0 Å². The highest BCUT2D eigenvalue weighted by Crippen LogP contribution is 2.28. The number of nitrogens with one attached hydrogen (secondary N) is 1. The fraction of sp³-hybridized carbons (Fsp3) is 0.562. The number of hydrogen-bond acceptors (Lipinski definition) is 2. The summed E-state index contributed by atoms with van der Waals surface area (Å²) < 4.78 is 1.12. The van der Waals surface area contributed by atoms with Gasteiger partial charge in [-0.25, -0.2) is 0 Å². The summed E-state index contributed by atoms with van der Waals surface area (Å²) in [4.78, 5) is 10.9. The number of aryl methyl sites for hydroxylation is 1. The van der Waals surface area contributed by atoms with Crippen molar-refractivity contribution in [1.82, 2.24) is 5.32 Å². The predicted molar refractivity (Wildman–Crippen MR) is 84.7 cm³/mol. The Hall–Kier alpha value is -0.670. The lowest BCUT2D eigenvalue weighted by Crippen LogP contribution is -2.34. The second-order valence-corrected chi connectivity index (χ2v) is 6.74. The average molecular weight is 326 g/mol. The molecular weight excluding hydrogens is 302 g/mol. The zero-order valence-corrected chi connectivity index (χ0v) is 13.9. The summed E-state index contributed by atoms with van der Waals surface area (Å²) in [6.45, 7) is 10.1. The maximum Gasteiger partial charge on any atom is 0.129 e. The Morgan fingerprint density at radius 3 is 2.68 bits per heavy atom. The van der Waals surface area contributed by atoms with E-state index in [1.54, 1.807) is 6.92 Å². The highest BCUT2D eigenvalue weighted by molar-refractivity contribution is 9.10. The molecule has 0 aliphatic carbocycles. The molecule has 1 rings (SSSR count). The normalized spacial score (nSPS) is 11.6. The molecule has 106 valence electrons. The standard InChI is InChI=1S/C16H24BrNO/c1-12-7-8-14(17)10-15(12)16(3,4)11-18-9-5-6-13(2)19/h7-8,10,18H,5-6,9,11H2,1-4H3. The van der Waals surface area contributed by atoms with E-state index in [2.05, 4.69) is 60.2 Å². The molecule has 0 amide bonds. The number of carbonyl (C=O) groups is 1. The van der Waals surface area contributed by atoms with Gasteiger partial charge in [-0.05, 0) is 50.1 Å². The molecule has 19 heavy (non-hydrogen) atoms. The molecule has 0 aromatic heterocycles. The van der Waals surface area contributed by atoms with Crippen molar-refractivity contribution in [1.29, 1.82) is 0 Å². The summed E-state index contributed by atoms with van der Waals surface area (Å²) in [6, 6.07) is 6.43. The van der Waals surface area contributed by atoms with Gasteiger partial charge in [-0.1, -0.05) is 35.8 Å². The van der Waals surface area contributed by atoms with Crippen LogP contribution in [0.3, 0.4) is 0 Å². The van der Waals surface area contributed by atoms with E-state index in [1.165, 1.54) is 11.1 Å². The summed E-state index contributed by atoms with van der Waals surface area (Å²) in [5, 5.41) is 3.46. The zero-order valence-electron chi connectivity index (χ0n) is 12.3. The fourth-order valence-corrected chi connectivity index (χ4v) is 2.64. The molecule has 2 nitrogen and oxygen atoms in total. The van der Waals surface area contributed by atoms with Crippen LogP contribution in [0, 0.1) is 6.92 Å². The molecule has 3 heteroatoms. The number of benzene rings is 1. The van der Waals surface area contributed by atoms with Crippen molar-refractivity contribution < 1.29 is 4.79 Å². The van der Waals surface area contributed by atoms with E-state index in [0.29, 0.717) is 6.42 Å². The molecule has 0 aliphatic heterocycles. The molecule has 1 aromatic carbocycles. The van der Waals surface area contributed by atoms with Gasteiger partial charge in [-0.15, -0.1) is 0 Å². The van der Waals surface area contributed by atoms with Crippen LogP contribution in [0.2, 0.25) is 0 Å². The molecule has 0 atom stereocenters. The molecule has 0 spiro atoms. The lowest BCUT2D eigenvalue weighted by molar-refractivity contribution is -0.117. The van der Waals surface area contributed by atoms with E-state index < -0.39 is 0 Å². The van der Waals surface area contributed by atoms with Crippen LogP contribution in [0.1, 0.15) is 44.7 Å². The van der Waals surface area contributed by atoms with E-state index in [1.807, 2.05) is 0 Å². The van der Waals surface area contributed by atoms with E-state index >= 15 is 0 Å². The van der Waals surface area contributed by atoms with Crippen molar-refractivity contribution >= 4 is 21.7 Å². The third kappa shape index (κ3) is 5.45. The van der Waals surface area contributed by atoms with Gasteiger partial charge >= 0.3 is 0 Å². The van der Waals surface area contributed by atoms with Crippen LogP contribution in [-0.2, 0) is 10.2 Å². The first-order valence-electron chi connectivity index (χ1n) is 6.80. The third-order valence-electron chi connectivity index (χ3n) is 3.38. The number of halogens is 1. The van der Waals surface area contributed by atoms with Crippen LogP contribution in [0.5, 0.6) is 0 Å². The van der Waals surface area contributed by atoms with Gasteiger partial charge in [0.1, 0.15) is 5.78 Å². The minimum atomic E-state index is 0.0874. The summed E-state index contributed by atoms with van der Waals surface area (Å²) in [6.07, 6.45) is 1.59. The van der Waals surface area contributed by atoms with Crippen LogP contribution >= 0.6 is 15.9 Å². The number of rotatable bonds is 7. The lowest BCUT2D eigenvalue weighted by atomic mass is 9.82. The average Bonchev–Trinajstić information content (AvgIpc) is 2.31. The Kier molecular flexibility index (Phi) is 6.21. The van der Waals surface area contributed by atoms with Gasteiger partial charge in [-0.2, -0.15) is 0 Å². The van der Waals surface area contributed by atoms with Gasteiger partial charge in [0.2, 0.25) is 0 Å². The third-order valence-corrected chi connectivity index (χ3v) is 3.87. The van der Waals surface area contributed by atoms with Crippen molar-refractivity contribution in [3.05, 3.63) is 33.8 Å². The highest BCUT2D eigenvalue weighted by atomic mass is 79.9. The van der Waals surface area contributed by atoms with Crippen LogP contribution in [-0.4, -0.2) is 18.9 Å². The molecular formula is C16H24BrNO. The van der Waals surface area contributed by atoms with Crippen molar-refractivity contribution in [2.24, 2.45) is 0 Å². The van der Waals surface area contributed by atoms with E-state index in [9.17, 15) is 4.79 Å². The van der Waals surface area contributed by atoms with Crippen molar-refractivity contribution in [2.75, 3.05) is 13.1 Å². The second-order valence-electron chi connectivity index (χ2n) is 5.83. The summed E-state index contributed by atoms with van der Waals surface area (Å²) in [7, 11) is 0. The Balaban J connectivity index is 2.55. The zero-order chi connectivity index (χ0) is 14.5. The first kappa shape index (κ1) is 16.4. The largest absolute Gasteiger partial charge is 0.316 e. The molecule has 0 saturated carbocycles. The maximum atomic E-state index is 10.9. The van der Waals surface area contributed by atoms with Gasteiger partial charge in [0.15, 0.2) is 0 Å². The van der Waals surface area contributed by atoms with E-state index in [4.69, 9.17) is 0 Å². The number of carbonyl (C=O) groups excluding carboxylic acids is 1. The number of hydrogen-bond donors (Lipinski definition) is 1. The van der Waals surface area contributed by atoms with Gasteiger partial charge in [-0.3, -0.25) is 0 Å². The Bertz CT molecular complexity index is 440. The van der Waals surface area contributed by atoms with E-state index in [-0.39, 0.29) is 11.2 Å². The van der Waals surface area contributed by atoms with Crippen molar-refractivity contribution in [3.8, 4) is 0 Å². The molecule has 0 heterocycles. The van der Waals surface area contributed by atoms with Gasteiger partial charge in [0.25, 0.3) is 0 Å². The monoisotopic (exact) mass is 325 g/mol. The number of ketones is 1. The van der Waals surface area contributed by atoms with Crippen molar-refractivity contribution in [3.63, 3.8) is 0 Å². The van der Waals surface area contributed by atoms with Gasteiger partial charge in [0, 0.05) is 22.9 Å². The summed E-state index contributed by atoms with van der Waals surface area (Å²) in [5.41, 5.74) is 2.77. The van der Waals surface area contributed by atoms with Crippen LogP contribution in [0.25, 0.3) is 0 Å². The Labute approximate surface area is 125 Å². The molecule has 0 bridgehead atoms. The summed E-state index contributed by atoms with van der Waals surface area (Å²) in [5.74, 6) is 0.267. The fourth-order valence-electron chi connectivity index (χ4n) is 2.28. The smallest absolute Gasteiger partial charge is 0.129 e. The predicted octanol–water partition coefficient (Wildman–Crippen LogP) is 3.99. The molecule has 0 saturated heterocycles. The van der Waals surface area contributed by atoms with Gasteiger partial charge in [0.05, 0.1) is 0 Å². The Morgan fingerprint density at radius 1 is 1.37 bits per heavy atom. The van der Waals surface area contributed by atoms with E-state index in [0.717, 1.165) is 24.0 Å². The minimum absolute atomic E-state index is 0.0874. The molecule has 0 aliphatic rings.